The van der Waals surface area contributed by atoms with Gasteiger partial charge in [-0.15, -0.1) is 12.4 Å². The number of hydrogen-bond donors (Lipinski definition) is 2. The van der Waals surface area contributed by atoms with Crippen LogP contribution in [-0.4, -0.2) is 39.3 Å². The van der Waals surface area contributed by atoms with E-state index in [0.29, 0.717) is 17.9 Å². The summed E-state index contributed by atoms with van der Waals surface area (Å²) in [5.74, 6) is 0.912. The highest BCUT2D eigenvalue weighted by Crippen LogP contribution is 2.45. The van der Waals surface area contributed by atoms with Crippen molar-refractivity contribution in [3.63, 3.8) is 0 Å². The summed E-state index contributed by atoms with van der Waals surface area (Å²) in [6.45, 7) is 7.77. The standard InChI is InChI=1S/C17H32N2O2.ClH/c1-14(2)11-16(5-4-6-16)12-19-15(20)17(13-21-3)7-9-18-10-8-17;/h14,18H,4-13H2,1-3H3,(H,19,20);1H. The van der Waals surface area contributed by atoms with E-state index in [9.17, 15) is 4.79 Å². The number of amides is 1. The van der Waals surface area contributed by atoms with Gasteiger partial charge in [-0.05, 0) is 56.5 Å². The molecule has 0 aromatic heterocycles. The number of ether oxygens (including phenoxy) is 1. The van der Waals surface area contributed by atoms with E-state index >= 15 is 0 Å². The quantitative estimate of drug-likeness (QED) is 0.753. The Morgan fingerprint density at radius 2 is 1.86 bits per heavy atom. The number of rotatable bonds is 7. The number of piperidine rings is 1. The summed E-state index contributed by atoms with van der Waals surface area (Å²) in [4.78, 5) is 12.8. The predicted molar refractivity (Wildman–Crippen MR) is 92.4 cm³/mol. The Bertz CT molecular complexity index is 345. The molecule has 1 saturated carbocycles. The SMILES string of the molecule is COCC1(C(=O)NCC2(CC(C)C)CCC2)CCNCC1.Cl. The molecule has 0 bridgehead atoms. The van der Waals surface area contributed by atoms with Crippen LogP contribution in [0.15, 0.2) is 0 Å². The third kappa shape index (κ3) is 4.59. The van der Waals surface area contributed by atoms with Gasteiger partial charge in [-0.25, -0.2) is 0 Å². The van der Waals surface area contributed by atoms with Gasteiger partial charge in [-0.3, -0.25) is 4.79 Å². The minimum atomic E-state index is -0.317. The average molecular weight is 333 g/mol. The van der Waals surface area contributed by atoms with Crippen molar-refractivity contribution in [3.05, 3.63) is 0 Å². The van der Waals surface area contributed by atoms with Crippen LogP contribution in [0, 0.1) is 16.7 Å². The second-order valence-electron chi connectivity index (χ2n) is 7.60. The summed E-state index contributed by atoms with van der Waals surface area (Å²) in [7, 11) is 1.70. The molecule has 1 saturated heterocycles. The molecule has 0 spiro atoms. The summed E-state index contributed by atoms with van der Waals surface area (Å²) in [5.41, 5.74) is 0.0494. The Balaban J connectivity index is 0.00000242. The molecule has 0 aromatic carbocycles. The second-order valence-corrected chi connectivity index (χ2v) is 7.60. The van der Waals surface area contributed by atoms with E-state index < -0.39 is 0 Å². The van der Waals surface area contributed by atoms with E-state index in [1.165, 1.54) is 25.7 Å². The number of carbonyl (C=O) groups excluding carboxylic acids is 1. The lowest BCUT2D eigenvalue weighted by atomic mass is 9.64. The van der Waals surface area contributed by atoms with Crippen LogP contribution in [0.3, 0.4) is 0 Å². The monoisotopic (exact) mass is 332 g/mol. The van der Waals surface area contributed by atoms with Crippen LogP contribution < -0.4 is 10.6 Å². The number of nitrogens with one attached hydrogen (secondary N) is 2. The predicted octanol–water partition coefficient (Wildman–Crippen LogP) is 2.76. The van der Waals surface area contributed by atoms with Crippen LogP contribution >= 0.6 is 12.4 Å². The molecule has 1 aliphatic carbocycles. The van der Waals surface area contributed by atoms with Crippen LogP contribution in [0.25, 0.3) is 0 Å². The fourth-order valence-corrected chi connectivity index (χ4v) is 4.07. The van der Waals surface area contributed by atoms with Crippen molar-refractivity contribution < 1.29 is 9.53 Å². The molecule has 0 aromatic rings. The molecule has 0 unspecified atom stereocenters. The van der Waals surface area contributed by atoms with Crippen molar-refractivity contribution in [2.75, 3.05) is 33.4 Å². The fourth-order valence-electron chi connectivity index (χ4n) is 4.07. The maximum absolute atomic E-state index is 12.8. The van der Waals surface area contributed by atoms with Gasteiger partial charge in [0.1, 0.15) is 0 Å². The number of methoxy groups -OCH3 is 1. The number of hydrogen-bond acceptors (Lipinski definition) is 3. The third-order valence-electron chi connectivity index (χ3n) is 5.34. The lowest BCUT2D eigenvalue weighted by molar-refractivity contribution is -0.137. The number of halogens is 1. The van der Waals surface area contributed by atoms with E-state index in [-0.39, 0.29) is 23.7 Å². The zero-order chi connectivity index (χ0) is 15.3. The Kier molecular flexibility index (Phi) is 7.63. The molecule has 2 fully saturated rings. The van der Waals surface area contributed by atoms with Gasteiger partial charge in [0.2, 0.25) is 5.91 Å². The van der Waals surface area contributed by atoms with Crippen molar-refractivity contribution in [2.45, 2.75) is 52.4 Å². The van der Waals surface area contributed by atoms with Crippen LogP contribution in [0.5, 0.6) is 0 Å². The first-order valence-electron chi connectivity index (χ1n) is 8.50. The molecule has 2 aliphatic rings. The topological polar surface area (TPSA) is 50.4 Å². The van der Waals surface area contributed by atoms with Gasteiger partial charge in [0.25, 0.3) is 0 Å². The zero-order valence-corrected chi connectivity index (χ0v) is 15.2. The lowest BCUT2D eigenvalue weighted by Gasteiger charge is -2.44. The van der Waals surface area contributed by atoms with Gasteiger partial charge in [0.15, 0.2) is 0 Å². The number of carbonyl (C=O) groups is 1. The van der Waals surface area contributed by atoms with Crippen molar-refractivity contribution in [2.24, 2.45) is 16.7 Å². The smallest absolute Gasteiger partial charge is 0.228 e. The van der Waals surface area contributed by atoms with Gasteiger partial charge < -0.3 is 15.4 Å². The molecule has 1 amide bonds. The summed E-state index contributed by atoms with van der Waals surface area (Å²) in [6.07, 6.45) is 6.84. The van der Waals surface area contributed by atoms with Crippen molar-refractivity contribution in [1.29, 1.82) is 0 Å². The van der Waals surface area contributed by atoms with Gasteiger partial charge in [0, 0.05) is 13.7 Å². The molecule has 130 valence electrons. The summed E-state index contributed by atoms with van der Waals surface area (Å²) in [6, 6.07) is 0. The summed E-state index contributed by atoms with van der Waals surface area (Å²) < 4.78 is 5.35. The highest BCUT2D eigenvalue weighted by atomic mass is 35.5. The normalized spacial score (nSPS) is 22.5. The first-order valence-corrected chi connectivity index (χ1v) is 8.50. The lowest BCUT2D eigenvalue weighted by Crippen LogP contribution is -2.53. The van der Waals surface area contributed by atoms with Crippen LogP contribution in [0.2, 0.25) is 0 Å². The van der Waals surface area contributed by atoms with Crippen molar-refractivity contribution in [3.8, 4) is 0 Å². The Morgan fingerprint density at radius 1 is 1.23 bits per heavy atom. The van der Waals surface area contributed by atoms with Gasteiger partial charge in [0.05, 0.1) is 12.0 Å². The van der Waals surface area contributed by atoms with Crippen LogP contribution in [0.1, 0.15) is 52.4 Å². The zero-order valence-electron chi connectivity index (χ0n) is 14.4. The van der Waals surface area contributed by atoms with Crippen LogP contribution in [0.4, 0.5) is 0 Å². The van der Waals surface area contributed by atoms with E-state index in [1.807, 2.05) is 0 Å². The molecule has 0 atom stereocenters. The Hall–Kier alpha value is -0.320. The fraction of sp³-hybridized carbons (Fsp3) is 0.941. The first-order chi connectivity index (χ1) is 10.0. The van der Waals surface area contributed by atoms with E-state index in [0.717, 1.165) is 32.5 Å². The summed E-state index contributed by atoms with van der Waals surface area (Å²) >= 11 is 0. The average Bonchev–Trinajstić information content (AvgIpc) is 2.42. The molecular formula is C17H33ClN2O2. The Labute approximate surface area is 141 Å². The largest absolute Gasteiger partial charge is 0.384 e. The highest BCUT2D eigenvalue weighted by Gasteiger charge is 2.42. The maximum atomic E-state index is 12.8. The molecule has 4 nitrogen and oxygen atoms in total. The third-order valence-corrected chi connectivity index (χ3v) is 5.34. The van der Waals surface area contributed by atoms with E-state index in [2.05, 4.69) is 24.5 Å². The minimum absolute atomic E-state index is 0. The van der Waals surface area contributed by atoms with Gasteiger partial charge in [-0.2, -0.15) is 0 Å². The first kappa shape index (κ1) is 19.7. The summed E-state index contributed by atoms with van der Waals surface area (Å²) in [5, 5.41) is 6.62. The molecule has 2 rings (SSSR count). The van der Waals surface area contributed by atoms with Crippen molar-refractivity contribution in [1.82, 2.24) is 10.6 Å². The molecule has 0 radical (unpaired) electrons. The Morgan fingerprint density at radius 3 is 2.32 bits per heavy atom. The van der Waals surface area contributed by atoms with Crippen LogP contribution in [-0.2, 0) is 9.53 Å². The van der Waals surface area contributed by atoms with E-state index in [4.69, 9.17) is 4.74 Å². The second kappa shape index (κ2) is 8.51. The van der Waals surface area contributed by atoms with Crippen molar-refractivity contribution >= 4 is 18.3 Å². The van der Waals surface area contributed by atoms with Gasteiger partial charge in [-0.1, -0.05) is 20.3 Å². The molecular weight excluding hydrogens is 300 g/mol. The molecule has 2 N–H and O–H groups in total. The highest BCUT2D eigenvalue weighted by molar-refractivity contribution is 5.85. The molecule has 1 aliphatic heterocycles. The molecule has 1 heterocycles. The maximum Gasteiger partial charge on any atom is 0.228 e. The molecule has 22 heavy (non-hydrogen) atoms. The van der Waals surface area contributed by atoms with Gasteiger partial charge >= 0.3 is 0 Å². The molecule has 5 heteroatoms. The minimum Gasteiger partial charge on any atom is -0.384 e. The van der Waals surface area contributed by atoms with E-state index in [1.54, 1.807) is 7.11 Å².